The number of nitriles is 1. The van der Waals surface area contributed by atoms with Crippen molar-refractivity contribution in [1.29, 1.82) is 5.26 Å². The van der Waals surface area contributed by atoms with Crippen molar-refractivity contribution < 1.29 is 19.0 Å². The Morgan fingerprint density at radius 2 is 1.95 bits per heavy atom. The van der Waals surface area contributed by atoms with Crippen LogP contribution < -0.4 is 9.64 Å². The number of hydrogen-bond acceptors (Lipinski definition) is 8. The monoisotopic (exact) mass is 556 g/mol. The zero-order chi connectivity index (χ0) is 29.4. The molecule has 10 heteroatoms. The maximum atomic E-state index is 14.2. The molecule has 4 aromatic heterocycles. The van der Waals surface area contributed by atoms with Gasteiger partial charge in [0.05, 0.1) is 40.8 Å². The summed E-state index contributed by atoms with van der Waals surface area (Å²) in [6.07, 6.45) is 7.91. The number of carbonyl (C=O) groups is 1. The molecule has 0 bridgehead atoms. The average molecular weight is 557 g/mol. The number of halogens is 1. The number of rotatable bonds is 8. The molecule has 0 atom stereocenters. The fourth-order valence-electron chi connectivity index (χ4n) is 5.16. The average Bonchev–Trinajstić information content (AvgIpc) is 3.36. The molecule has 0 spiro atoms. The van der Waals surface area contributed by atoms with E-state index in [1.807, 2.05) is 18.2 Å². The summed E-state index contributed by atoms with van der Waals surface area (Å²) in [5, 5.41) is 24.0. The number of carbonyl (C=O) groups excluding carboxylic acids is 1. The van der Waals surface area contributed by atoms with Crippen molar-refractivity contribution in [3.63, 3.8) is 0 Å². The van der Waals surface area contributed by atoms with E-state index in [9.17, 15) is 19.6 Å². The van der Waals surface area contributed by atoms with Gasteiger partial charge in [0, 0.05) is 42.5 Å². The predicted octanol–water partition coefficient (Wildman–Crippen LogP) is 5.14. The first kappa shape index (κ1) is 28.2. The molecule has 1 fully saturated rings. The topological polar surface area (TPSA) is 117 Å². The van der Waals surface area contributed by atoms with Gasteiger partial charge in [0.15, 0.2) is 11.6 Å². The fraction of sp³-hybridized carbons (Fsp3) is 0.387. The number of hydrogen-bond donors (Lipinski definition) is 1. The molecule has 5 heterocycles. The second-order valence-electron chi connectivity index (χ2n) is 11.8. The molecule has 4 aromatic rings. The molecule has 212 valence electrons. The van der Waals surface area contributed by atoms with E-state index < -0.39 is 11.4 Å². The molecule has 1 N–H and O–H groups in total. The smallest absolute Gasteiger partial charge is 0.166 e. The number of ether oxygens (including phenoxy) is 1. The van der Waals surface area contributed by atoms with Crippen molar-refractivity contribution in [2.75, 3.05) is 24.6 Å². The lowest BCUT2D eigenvalue weighted by molar-refractivity contribution is 0.0283. The molecule has 0 saturated carbocycles. The van der Waals surface area contributed by atoms with E-state index in [-0.39, 0.29) is 29.8 Å². The van der Waals surface area contributed by atoms with Crippen molar-refractivity contribution in [3.05, 3.63) is 71.7 Å². The molecule has 9 nitrogen and oxygen atoms in total. The number of Topliss-reactive ketones (excluding diaryl/α,β-unsaturated/α-hetero) is 1. The van der Waals surface area contributed by atoms with Crippen LogP contribution in [-0.2, 0) is 0 Å². The summed E-state index contributed by atoms with van der Waals surface area (Å²) in [7, 11) is 0. The Morgan fingerprint density at radius 1 is 1.20 bits per heavy atom. The van der Waals surface area contributed by atoms with Gasteiger partial charge in [-0.3, -0.25) is 9.78 Å². The molecular formula is C31H33FN6O3. The normalized spacial score (nSPS) is 15.1. The lowest BCUT2D eigenvalue weighted by Gasteiger charge is -2.39. The summed E-state index contributed by atoms with van der Waals surface area (Å²) < 4.78 is 21.6. The van der Waals surface area contributed by atoms with Crippen molar-refractivity contribution >= 4 is 17.1 Å². The molecule has 0 amide bonds. The molecule has 1 aliphatic rings. The van der Waals surface area contributed by atoms with E-state index in [0.717, 1.165) is 49.1 Å². The van der Waals surface area contributed by atoms with Gasteiger partial charge in [0.1, 0.15) is 24.2 Å². The van der Waals surface area contributed by atoms with Gasteiger partial charge >= 0.3 is 0 Å². The number of fused-ring (bicyclic) bond motifs is 1. The van der Waals surface area contributed by atoms with Gasteiger partial charge in [-0.15, -0.1) is 0 Å². The molecule has 0 unspecified atom stereocenters. The third kappa shape index (κ3) is 6.20. The first-order chi connectivity index (χ1) is 19.4. The standard InChI is InChI=1S/C31H33FN6O3/c1-20-11-25(26(32)17-34-20)27(39)13-31(4)7-9-37(10-8-31)28-6-5-21(15-35-28)24-12-23(41-19-30(2,3)40)18-38-29(24)22(14-33)16-36-38/h5-6,11-12,15-18,40H,7-10,13,19H2,1-4H3. The van der Waals surface area contributed by atoms with Gasteiger partial charge in [0.25, 0.3) is 0 Å². The minimum atomic E-state index is -1.01. The van der Waals surface area contributed by atoms with Gasteiger partial charge in [-0.1, -0.05) is 6.92 Å². The van der Waals surface area contributed by atoms with Crippen molar-refractivity contribution in [2.45, 2.75) is 52.6 Å². The number of pyridine rings is 3. The van der Waals surface area contributed by atoms with E-state index in [2.05, 4.69) is 28.0 Å². The van der Waals surface area contributed by atoms with Crippen LogP contribution in [0.15, 0.2) is 49.1 Å². The van der Waals surface area contributed by atoms with Crippen molar-refractivity contribution in [3.8, 4) is 22.9 Å². The van der Waals surface area contributed by atoms with Crippen LogP contribution in [-0.4, -0.2) is 55.8 Å². The second kappa shape index (κ2) is 10.9. The highest BCUT2D eigenvalue weighted by Gasteiger charge is 2.33. The molecule has 1 aliphatic heterocycles. The number of aryl methyl sites for hydroxylation is 1. The van der Waals surface area contributed by atoms with Crippen LogP contribution in [0.2, 0.25) is 0 Å². The van der Waals surface area contributed by atoms with Gasteiger partial charge in [-0.05, 0) is 63.3 Å². The van der Waals surface area contributed by atoms with Crippen LogP contribution in [0.4, 0.5) is 10.2 Å². The van der Waals surface area contributed by atoms with E-state index >= 15 is 0 Å². The quantitative estimate of drug-likeness (QED) is 0.297. The molecule has 0 radical (unpaired) electrons. The summed E-state index contributed by atoms with van der Waals surface area (Å²) in [5.74, 6) is 0.564. The van der Waals surface area contributed by atoms with Crippen LogP contribution in [0.25, 0.3) is 16.6 Å². The minimum Gasteiger partial charge on any atom is -0.489 e. The Labute approximate surface area is 238 Å². The predicted molar refractivity (Wildman–Crippen MR) is 152 cm³/mol. The van der Waals surface area contributed by atoms with Gasteiger partial charge in [-0.2, -0.15) is 10.4 Å². The lowest BCUT2D eigenvalue weighted by atomic mass is 9.75. The summed E-state index contributed by atoms with van der Waals surface area (Å²) >= 11 is 0. The van der Waals surface area contributed by atoms with Crippen LogP contribution in [0.3, 0.4) is 0 Å². The van der Waals surface area contributed by atoms with Gasteiger partial charge < -0.3 is 14.7 Å². The summed E-state index contributed by atoms with van der Waals surface area (Å²) in [5.41, 5.74) is 2.12. The van der Waals surface area contributed by atoms with E-state index in [4.69, 9.17) is 9.72 Å². The number of anilines is 1. The van der Waals surface area contributed by atoms with Crippen LogP contribution in [0, 0.1) is 29.5 Å². The zero-order valence-electron chi connectivity index (χ0n) is 23.7. The number of ketones is 1. The molecule has 5 rings (SSSR count). The number of aromatic nitrogens is 4. The SMILES string of the molecule is Cc1cc(C(=O)CC2(C)CCN(c3ccc(-c4cc(OCC(C)(C)O)cn5ncc(C#N)c45)cn3)CC2)c(F)cn1. The highest BCUT2D eigenvalue weighted by atomic mass is 19.1. The Bertz CT molecular complexity index is 1630. The third-order valence-corrected chi connectivity index (χ3v) is 7.53. The number of nitrogens with zero attached hydrogens (tertiary/aromatic N) is 6. The van der Waals surface area contributed by atoms with Gasteiger partial charge in [-0.25, -0.2) is 13.9 Å². The molecule has 41 heavy (non-hydrogen) atoms. The highest BCUT2D eigenvalue weighted by molar-refractivity contribution is 5.96. The summed E-state index contributed by atoms with van der Waals surface area (Å²) in [6, 6.07) is 9.45. The Balaban J connectivity index is 1.32. The Hall–Kier alpha value is -4.36. The molecule has 1 saturated heterocycles. The molecular weight excluding hydrogens is 523 g/mol. The highest BCUT2D eigenvalue weighted by Crippen LogP contribution is 2.38. The maximum absolute atomic E-state index is 14.2. The third-order valence-electron chi connectivity index (χ3n) is 7.53. The summed E-state index contributed by atoms with van der Waals surface area (Å²) in [6.45, 7) is 8.70. The lowest BCUT2D eigenvalue weighted by Crippen LogP contribution is -2.40. The Kier molecular flexibility index (Phi) is 7.49. The minimum absolute atomic E-state index is 0.0954. The van der Waals surface area contributed by atoms with Crippen molar-refractivity contribution in [1.82, 2.24) is 19.6 Å². The van der Waals surface area contributed by atoms with Crippen LogP contribution in [0.5, 0.6) is 5.75 Å². The summed E-state index contributed by atoms with van der Waals surface area (Å²) in [4.78, 5) is 23.7. The van der Waals surface area contributed by atoms with Crippen molar-refractivity contribution in [2.24, 2.45) is 5.41 Å². The number of piperidine rings is 1. The number of aliphatic hydroxyl groups is 1. The van der Waals surface area contributed by atoms with E-state index in [1.165, 1.54) is 12.3 Å². The maximum Gasteiger partial charge on any atom is 0.166 e. The Morgan fingerprint density at radius 3 is 2.61 bits per heavy atom. The first-order valence-corrected chi connectivity index (χ1v) is 13.6. The largest absolute Gasteiger partial charge is 0.489 e. The van der Waals surface area contributed by atoms with Gasteiger partial charge in [0.2, 0.25) is 0 Å². The first-order valence-electron chi connectivity index (χ1n) is 13.6. The second-order valence-corrected chi connectivity index (χ2v) is 11.8. The fourth-order valence-corrected chi connectivity index (χ4v) is 5.16. The van der Waals surface area contributed by atoms with Crippen LogP contribution in [0.1, 0.15) is 61.6 Å². The zero-order valence-corrected chi connectivity index (χ0v) is 23.7. The molecule has 0 aliphatic carbocycles. The molecule has 0 aromatic carbocycles. The van der Waals surface area contributed by atoms with E-state index in [0.29, 0.717) is 22.5 Å². The van der Waals surface area contributed by atoms with E-state index in [1.54, 1.807) is 37.7 Å². The van der Waals surface area contributed by atoms with Crippen LogP contribution >= 0.6 is 0 Å².